The number of nitrogens with one attached hydrogen (secondary N) is 1. The van der Waals surface area contributed by atoms with Crippen LogP contribution in [0.2, 0.25) is 0 Å². The molecule has 0 aromatic heterocycles. The summed E-state index contributed by atoms with van der Waals surface area (Å²) in [4.78, 5) is 11.9. The number of rotatable bonds is 5. The molecule has 104 valence electrons. The molecule has 1 fully saturated rings. The average molecular weight is 260 g/mol. The van der Waals surface area contributed by atoms with Gasteiger partial charge in [-0.15, -0.1) is 0 Å². The van der Waals surface area contributed by atoms with E-state index in [-0.39, 0.29) is 11.8 Å². The van der Waals surface area contributed by atoms with Gasteiger partial charge in [0.15, 0.2) is 0 Å². The third-order valence-electron chi connectivity index (χ3n) is 3.90. The van der Waals surface area contributed by atoms with Crippen molar-refractivity contribution in [2.75, 3.05) is 12.3 Å². The topological polar surface area (TPSA) is 55.1 Å². The smallest absolute Gasteiger partial charge is 0.223 e. The molecule has 3 heteroatoms. The number of benzene rings is 1. The van der Waals surface area contributed by atoms with E-state index in [0.29, 0.717) is 0 Å². The van der Waals surface area contributed by atoms with Crippen LogP contribution in [0.15, 0.2) is 24.3 Å². The minimum absolute atomic E-state index is 0.261. The normalized spacial score (nSPS) is 16.2. The molecule has 1 aromatic rings. The maximum Gasteiger partial charge on any atom is 0.223 e. The van der Waals surface area contributed by atoms with Crippen molar-refractivity contribution in [3.8, 4) is 0 Å². The highest BCUT2D eigenvalue weighted by Gasteiger charge is 2.20. The lowest BCUT2D eigenvalue weighted by Gasteiger charge is -2.20. The highest BCUT2D eigenvalue weighted by Crippen LogP contribution is 2.23. The molecule has 2 rings (SSSR count). The van der Waals surface area contributed by atoms with Crippen molar-refractivity contribution in [3.05, 3.63) is 29.8 Å². The van der Waals surface area contributed by atoms with E-state index < -0.39 is 0 Å². The number of nitrogens with two attached hydrogens (primary N) is 1. The van der Waals surface area contributed by atoms with Gasteiger partial charge in [-0.2, -0.15) is 0 Å². The molecule has 0 bridgehead atoms. The molecule has 0 unspecified atom stereocenters. The van der Waals surface area contributed by atoms with Crippen LogP contribution in [0.4, 0.5) is 5.69 Å². The van der Waals surface area contributed by atoms with Crippen molar-refractivity contribution in [3.63, 3.8) is 0 Å². The van der Waals surface area contributed by atoms with Crippen molar-refractivity contribution >= 4 is 11.6 Å². The third kappa shape index (κ3) is 4.58. The summed E-state index contributed by atoms with van der Waals surface area (Å²) in [6.45, 7) is 0.777. The highest BCUT2D eigenvalue weighted by molar-refractivity contribution is 5.78. The van der Waals surface area contributed by atoms with Gasteiger partial charge in [0.05, 0.1) is 0 Å². The summed E-state index contributed by atoms with van der Waals surface area (Å²) in [6, 6.07) is 7.96. The Hall–Kier alpha value is -1.51. The van der Waals surface area contributed by atoms with E-state index in [1.807, 2.05) is 12.1 Å². The molecular formula is C16H24N2O. The Kier molecular flexibility index (Phi) is 5.25. The second-order valence-corrected chi connectivity index (χ2v) is 5.47. The van der Waals surface area contributed by atoms with E-state index in [9.17, 15) is 4.79 Å². The van der Waals surface area contributed by atoms with Crippen LogP contribution in [0.3, 0.4) is 0 Å². The predicted octanol–water partition coefficient (Wildman–Crippen LogP) is 2.90. The van der Waals surface area contributed by atoms with Crippen molar-refractivity contribution in [1.29, 1.82) is 0 Å². The zero-order valence-electron chi connectivity index (χ0n) is 11.5. The number of amides is 1. The van der Waals surface area contributed by atoms with Gasteiger partial charge in [0.2, 0.25) is 5.91 Å². The first-order chi connectivity index (χ1) is 9.25. The van der Waals surface area contributed by atoms with Crippen LogP contribution in [0.25, 0.3) is 0 Å². The lowest BCUT2D eigenvalue weighted by atomic mass is 9.88. The predicted molar refractivity (Wildman–Crippen MR) is 78.8 cm³/mol. The number of carbonyl (C=O) groups excluding carboxylic acids is 1. The molecule has 0 aliphatic heterocycles. The van der Waals surface area contributed by atoms with Gasteiger partial charge in [-0.3, -0.25) is 4.79 Å². The molecule has 0 spiro atoms. The van der Waals surface area contributed by atoms with Crippen molar-refractivity contribution in [2.45, 2.75) is 44.9 Å². The van der Waals surface area contributed by atoms with Gasteiger partial charge in [0.25, 0.3) is 0 Å². The molecule has 0 heterocycles. The van der Waals surface area contributed by atoms with E-state index in [1.165, 1.54) is 24.8 Å². The van der Waals surface area contributed by atoms with Crippen LogP contribution in [0.1, 0.15) is 44.1 Å². The molecule has 1 aliphatic rings. The van der Waals surface area contributed by atoms with Crippen molar-refractivity contribution < 1.29 is 4.79 Å². The molecule has 1 saturated carbocycles. The fraction of sp³-hybridized carbons (Fsp3) is 0.562. The average Bonchev–Trinajstić information content (AvgIpc) is 2.46. The molecule has 19 heavy (non-hydrogen) atoms. The maximum absolute atomic E-state index is 11.9. The van der Waals surface area contributed by atoms with E-state index in [1.54, 1.807) is 0 Å². The quantitative estimate of drug-likeness (QED) is 0.632. The van der Waals surface area contributed by atoms with E-state index in [4.69, 9.17) is 5.73 Å². The summed E-state index contributed by atoms with van der Waals surface area (Å²) in [7, 11) is 0. The first-order valence-corrected chi connectivity index (χ1v) is 7.38. The molecule has 1 aromatic carbocycles. The lowest BCUT2D eigenvalue weighted by molar-refractivity contribution is -0.125. The van der Waals surface area contributed by atoms with Gasteiger partial charge < -0.3 is 11.1 Å². The van der Waals surface area contributed by atoms with Gasteiger partial charge >= 0.3 is 0 Å². The molecule has 1 aliphatic carbocycles. The van der Waals surface area contributed by atoms with Gasteiger partial charge in [-0.1, -0.05) is 31.4 Å². The number of carbonyl (C=O) groups is 1. The van der Waals surface area contributed by atoms with Crippen molar-refractivity contribution in [1.82, 2.24) is 5.32 Å². The largest absolute Gasteiger partial charge is 0.399 e. The van der Waals surface area contributed by atoms with Gasteiger partial charge in [-0.25, -0.2) is 0 Å². The number of hydrogen-bond acceptors (Lipinski definition) is 2. The van der Waals surface area contributed by atoms with Crippen LogP contribution >= 0.6 is 0 Å². The zero-order chi connectivity index (χ0) is 13.5. The van der Waals surface area contributed by atoms with Gasteiger partial charge in [0.1, 0.15) is 0 Å². The van der Waals surface area contributed by atoms with Gasteiger partial charge in [-0.05, 0) is 43.4 Å². The number of aryl methyl sites for hydroxylation is 1. The highest BCUT2D eigenvalue weighted by atomic mass is 16.1. The summed E-state index contributed by atoms with van der Waals surface area (Å²) in [5.74, 6) is 0.530. The van der Waals surface area contributed by atoms with Crippen molar-refractivity contribution in [2.24, 2.45) is 5.92 Å². The molecule has 0 atom stereocenters. The Bertz CT molecular complexity index is 394. The molecule has 0 saturated heterocycles. The van der Waals surface area contributed by atoms with E-state index in [0.717, 1.165) is 37.9 Å². The third-order valence-corrected chi connectivity index (χ3v) is 3.90. The van der Waals surface area contributed by atoms with E-state index >= 15 is 0 Å². The Morgan fingerprint density at radius 2 is 1.84 bits per heavy atom. The molecule has 0 radical (unpaired) electrons. The first kappa shape index (κ1) is 13.9. The second kappa shape index (κ2) is 7.17. The summed E-state index contributed by atoms with van der Waals surface area (Å²) in [5.41, 5.74) is 7.73. The monoisotopic (exact) mass is 260 g/mol. The van der Waals surface area contributed by atoms with Crippen LogP contribution in [0.5, 0.6) is 0 Å². The minimum Gasteiger partial charge on any atom is -0.399 e. The van der Waals surface area contributed by atoms with Crippen LogP contribution < -0.4 is 11.1 Å². The Labute approximate surface area is 115 Å². The van der Waals surface area contributed by atoms with Gasteiger partial charge in [0, 0.05) is 18.2 Å². The van der Waals surface area contributed by atoms with Crippen LogP contribution in [-0.2, 0) is 11.2 Å². The Morgan fingerprint density at radius 1 is 1.16 bits per heavy atom. The fourth-order valence-corrected chi connectivity index (χ4v) is 2.70. The Balaban J connectivity index is 1.63. The number of hydrogen-bond donors (Lipinski definition) is 2. The molecule has 3 N–H and O–H groups in total. The molecular weight excluding hydrogens is 236 g/mol. The minimum atomic E-state index is 0.261. The second-order valence-electron chi connectivity index (χ2n) is 5.47. The Morgan fingerprint density at radius 3 is 2.53 bits per heavy atom. The summed E-state index contributed by atoms with van der Waals surface area (Å²) in [6.07, 6.45) is 7.84. The summed E-state index contributed by atoms with van der Waals surface area (Å²) >= 11 is 0. The zero-order valence-corrected chi connectivity index (χ0v) is 11.5. The summed E-state index contributed by atoms with van der Waals surface area (Å²) < 4.78 is 0. The molecule has 3 nitrogen and oxygen atoms in total. The standard InChI is InChI=1S/C16H24N2O/c17-15-10-8-13(9-11-15)5-4-12-18-16(19)14-6-2-1-3-7-14/h8-11,14H,1-7,12,17H2,(H,18,19). The first-order valence-electron chi connectivity index (χ1n) is 7.38. The molecule has 1 amide bonds. The summed E-state index contributed by atoms with van der Waals surface area (Å²) in [5, 5.41) is 3.07. The maximum atomic E-state index is 11.9. The lowest BCUT2D eigenvalue weighted by Crippen LogP contribution is -2.32. The fourth-order valence-electron chi connectivity index (χ4n) is 2.70. The van der Waals surface area contributed by atoms with E-state index in [2.05, 4.69) is 17.4 Å². The van der Waals surface area contributed by atoms with Crippen LogP contribution in [-0.4, -0.2) is 12.5 Å². The van der Waals surface area contributed by atoms with Crippen LogP contribution in [0, 0.1) is 5.92 Å². The SMILES string of the molecule is Nc1ccc(CCCNC(=O)C2CCCCC2)cc1. The number of nitrogen functional groups attached to an aromatic ring is 1. The number of anilines is 1.